The van der Waals surface area contributed by atoms with Crippen molar-refractivity contribution in [1.82, 2.24) is 14.9 Å². The zero-order valence-corrected chi connectivity index (χ0v) is 17.7. The summed E-state index contributed by atoms with van der Waals surface area (Å²) in [5, 5.41) is 11.7. The van der Waals surface area contributed by atoms with Crippen LogP contribution in [-0.2, 0) is 0 Å². The first-order valence-corrected chi connectivity index (χ1v) is 10.2. The molecule has 0 aliphatic heterocycles. The fourth-order valence-corrected chi connectivity index (χ4v) is 2.82. The molecule has 158 valence electrons. The molecular formula is C23H28N4O3. The zero-order valence-electron chi connectivity index (χ0n) is 17.7. The van der Waals surface area contributed by atoms with Gasteiger partial charge in [0, 0.05) is 0 Å². The van der Waals surface area contributed by atoms with Crippen molar-refractivity contribution in [2.45, 2.75) is 33.1 Å². The zero-order chi connectivity index (χ0) is 21.2. The first kappa shape index (κ1) is 21.4. The van der Waals surface area contributed by atoms with Crippen molar-refractivity contribution in [2.24, 2.45) is 5.10 Å². The number of rotatable bonds is 11. The Labute approximate surface area is 177 Å². The SMILES string of the molecule is CCOc1cc(/C=N\n2cnnc2)ccc1OCCOc1ccc([C@@H](C)CC)cc1. The van der Waals surface area contributed by atoms with Gasteiger partial charge in [0.1, 0.15) is 31.6 Å². The summed E-state index contributed by atoms with van der Waals surface area (Å²) in [6.07, 6.45) is 5.88. The molecule has 1 aromatic heterocycles. The molecule has 0 fully saturated rings. The molecule has 7 nitrogen and oxygen atoms in total. The molecule has 7 heteroatoms. The lowest BCUT2D eigenvalue weighted by Crippen LogP contribution is -2.10. The van der Waals surface area contributed by atoms with Crippen LogP contribution >= 0.6 is 0 Å². The Morgan fingerprint density at radius 2 is 1.67 bits per heavy atom. The van der Waals surface area contributed by atoms with Gasteiger partial charge in [0.15, 0.2) is 11.5 Å². The third-order valence-corrected chi connectivity index (χ3v) is 4.69. The average Bonchev–Trinajstić information content (AvgIpc) is 3.30. The van der Waals surface area contributed by atoms with Crippen molar-refractivity contribution in [3.63, 3.8) is 0 Å². The number of aromatic nitrogens is 3. The summed E-state index contributed by atoms with van der Waals surface area (Å²) >= 11 is 0. The van der Waals surface area contributed by atoms with Crippen LogP contribution < -0.4 is 14.2 Å². The molecule has 0 saturated carbocycles. The van der Waals surface area contributed by atoms with E-state index in [0.29, 0.717) is 37.2 Å². The third-order valence-electron chi connectivity index (χ3n) is 4.69. The third kappa shape index (κ3) is 6.07. The molecule has 0 saturated heterocycles. The Bertz CT molecular complexity index is 924. The van der Waals surface area contributed by atoms with Gasteiger partial charge in [-0.2, -0.15) is 5.10 Å². The first-order valence-electron chi connectivity index (χ1n) is 10.2. The van der Waals surface area contributed by atoms with Gasteiger partial charge in [-0.05, 0) is 60.7 Å². The maximum atomic E-state index is 5.88. The van der Waals surface area contributed by atoms with E-state index >= 15 is 0 Å². The van der Waals surface area contributed by atoms with E-state index in [1.54, 1.807) is 6.21 Å². The lowest BCUT2D eigenvalue weighted by molar-refractivity contribution is 0.208. The van der Waals surface area contributed by atoms with E-state index in [1.165, 1.54) is 22.9 Å². The second kappa shape index (κ2) is 11.0. The highest BCUT2D eigenvalue weighted by Gasteiger charge is 2.07. The highest BCUT2D eigenvalue weighted by Crippen LogP contribution is 2.28. The highest BCUT2D eigenvalue weighted by atomic mass is 16.5. The summed E-state index contributed by atoms with van der Waals surface area (Å²) in [5.41, 5.74) is 2.22. The Kier molecular flexibility index (Phi) is 7.83. The van der Waals surface area contributed by atoms with Crippen LogP contribution in [0.3, 0.4) is 0 Å². The molecular weight excluding hydrogens is 380 g/mol. The number of benzene rings is 2. The minimum atomic E-state index is 0.418. The normalized spacial score (nSPS) is 12.1. The molecule has 30 heavy (non-hydrogen) atoms. The second-order valence-corrected chi connectivity index (χ2v) is 6.80. The van der Waals surface area contributed by atoms with E-state index < -0.39 is 0 Å². The van der Waals surface area contributed by atoms with E-state index in [0.717, 1.165) is 17.7 Å². The molecule has 0 unspecified atom stereocenters. The van der Waals surface area contributed by atoms with Gasteiger partial charge in [-0.1, -0.05) is 26.0 Å². The molecule has 0 aliphatic rings. The van der Waals surface area contributed by atoms with Crippen molar-refractivity contribution in [3.8, 4) is 17.2 Å². The molecule has 0 N–H and O–H groups in total. The highest BCUT2D eigenvalue weighted by molar-refractivity contribution is 5.80. The van der Waals surface area contributed by atoms with E-state index in [4.69, 9.17) is 14.2 Å². The number of ether oxygens (including phenoxy) is 3. The van der Waals surface area contributed by atoms with Crippen LogP contribution in [-0.4, -0.2) is 40.9 Å². The molecule has 0 bridgehead atoms. The van der Waals surface area contributed by atoms with Crippen LogP contribution in [0.4, 0.5) is 0 Å². The van der Waals surface area contributed by atoms with Crippen molar-refractivity contribution in [1.29, 1.82) is 0 Å². The van der Waals surface area contributed by atoms with Crippen LogP contribution in [0, 0.1) is 0 Å². The summed E-state index contributed by atoms with van der Waals surface area (Å²) in [6, 6.07) is 13.9. The maximum Gasteiger partial charge on any atom is 0.161 e. The van der Waals surface area contributed by atoms with Crippen molar-refractivity contribution < 1.29 is 14.2 Å². The summed E-state index contributed by atoms with van der Waals surface area (Å²) in [6.45, 7) is 7.77. The summed E-state index contributed by atoms with van der Waals surface area (Å²) in [5.74, 6) is 2.75. The lowest BCUT2D eigenvalue weighted by Gasteiger charge is -2.14. The molecule has 3 rings (SSSR count). The smallest absolute Gasteiger partial charge is 0.161 e. The van der Waals surface area contributed by atoms with Crippen LogP contribution in [0.1, 0.15) is 44.2 Å². The monoisotopic (exact) mass is 408 g/mol. The summed E-state index contributed by atoms with van der Waals surface area (Å²) < 4.78 is 18.9. The molecule has 2 aromatic carbocycles. The number of hydrogen-bond donors (Lipinski definition) is 0. The Morgan fingerprint density at radius 3 is 2.37 bits per heavy atom. The van der Waals surface area contributed by atoms with Gasteiger partial charge >= 0.3 is 0 Å². The molecule has 0 amide bonds. The average molecular weight is 409 g/mol. The molecule has 3 aromatic rings. The van der Waals surface area contributed by atoms with Crippen molar-refractivity contribution in [2.75, 3.05) is 19.8 Å². The van der Waals surface area contributed by atoms with Gasteiger partial charge < -0.3 is 14.2 Å². The lowest BCUT2D eigenvalue weighted by atomic mass is 9.99. The molecule has 1 heterocycles. The first-order chi connectivity index (χ1) is 14.7. The van der Waals surface area contributed by atoms with E-state index in [1.807, 2.05) is 37.3 Å². The van der Waals surface area contributed by atoms with E-state index in [2.05, 4.69) is 41.3 Å². The second-order valence-electron chi connectivity index (χ2n) is 6.80. The predicted molar refractivity (Wildman–Crippen MR) is 117 cm³/mol. The molecule has 0 radical (unpaired) electrons. The van der Waals surface area contributed by atoms with Gasteiger partial charge in [-0.3, -0.25) is 0 Å². The maximum absolute atomic E-state index is 5.88. The Balaban J connectivity index is 1.54. The van der Waals surface area contributed by atoms with E-state index in [-0.39, 0.29) is 0 Å². The van der Waals surface area contributed by atoms with Gasteiger partial charge in [0.05, 0.1) is 12.8 Å². The number of hydrogen-bond acceptors (Lipinski definition) is 6. The summed E-state index contributed by atoms with van der Waals surface area (Å²) in [4.78, 5) is 0. The topological polar surface area (TPSA) is 70.8 Å². The van der Waals surface area contributed by atoms with Gasteiger partial charge in [0.2, 0.25) is 0 Å². The fraction of sp³-hybridized carbons (Fsp3) is 0.348. The Hall–Kier alpha value is -3.35. The van der Waals surface area contributed by atoms with Crippen molar-refractivity contribution in [3.05, 3.63) is 66.2 Å². The van der Waals surface area contributed by atoms with Gasteiger partial charge in [-0.25, -0.2) is 4.68 Å². The van der Waals surface area contributed by atoms with Gasteiger partial charge in [-0.15, -0.1) is 10.2 Å². The van der Waals surface area contributed by atoms with Crippen molar-refractivity contribution >= 4 is 6.21 Å². The van der Waals surface area contributed by atoms with Gasteiger partial charge in [0.25, 0.3) is 0 Å². The molecule has 0 aliphatic carbocycles. The number of nitrogens with zero attached hydrogens (tertiary/aromatic N) is 4. The predicted octanol–water partition coefficient (Wildman–Crippen LogP) is 4.53. The minimum absolute atomic E-state index is 0.418. The van der Waals surface area contributed by atoms with Crippen LogP contribution in [0.2, 0.25) is 0 Å². The largest absolute Gasteiger partial charge is 0.490 e. The van der Waals surface area contributed by atoms with E-state index in [9.17, 15) is 0 Å². The molecule has 0 spiro atoms. The molecule has 1 atom stereocenters. The Morgan fingerprint density at radius 1 is 0.933 bits per heavy atom. The van der Waals surface area contributed by atoms with Crippen LogP contribution in [0.5, 0.6) is 17.2 Å². The van der Waals surface area contributed by atoms with Crippen LogP contribution in [0.15, 0.2) is 60.2 Å². The summed E-state index contributed by atoms with van der Waals surface area (Å²) in [7, 11) is 0. The standard InChI is InChI=1S/C23H28N4O3/c1-4-18(3)20-7-9-21(10-8-20)29-12-13-30-22-11-6-19(14-23(22)28-5-2)15-26-27-16-24-25-17-27/h6-11,14-18H,4-5,12-13H2,1-3H3/b26-15-/t18-/m0/s1. The minimum Gasteiger partial charge on any atom is -0.490 e. The van der Waals surface area contributed by atoms with Crippen LogP contribution in [0.25, 0.3) is 0 Å². The fourth-order valence-electron chi connectivity index (χ4n) is 2.82. The quantitative estimate of drug-likeness (QED) is 0.344.